The van der Waals surface area contributed by atoms with Crippen molar-refractivity contribution < 1.29 is 17.6 Å². The van der Waals surface area contributed by atoms with Crippen molar-refractivity contribution >= 4 is 32.8 Å². The van der Waals surface area contributed by atoms with Gasteiger partial charge in [0.2, 0.25) is 5.95 Å². The summed E-state index contributed by atoms with van der Waals surface area (Å²) in [6.45, 7) is 2.16. The summed E-state index contributed by atoms with van der Waals surface area (Å²) in [5.41, 5.74) is 4.66. The van der Waals surface area contributed by atoms with Gasteiger partial charge in [0, 0.05) is 56.1 Å². The van der Waals surface area contributed by atoms with Gasteiger partial charge in [-0.25, -0.2) is 18.2 Å². The van der Waals surface area contributed by atoms with Crippen LogP contribution in [0.5, 0.6) is 0 Å². The Labute approximate surface area is 225 Å². The number of benzene rings is 2. The molecule has 1 N–H and O–H groups in total. The van der Waals surface area contributed by atoms with Gasteiger partial charge in [-0.1, -0.05) is 24.3 Å². The minimum Gasteiger partial charge on any atom is -0.333 e. The standard InChI is InChI=1S/C29H26FN5O3S/c1-39(37,38)23-7-4-20(5-8-23)3-2-13-34-14-11-27-25(19-34)24-15-21(17-31)6-9-26(24)35(27)29(36)33-18-22-10-12-32-28(30)16-22/h2-10,12,15-16H,11,13-14,18-19H2,1H3,(H,33,36). The number of nitrogens with zero attached hydrogens (tertiary/aromatic N) is 4. The Kier molecular flexibility index (Phi) is 7.28. The fourth-order valence-electron chi connectivity index (χ4n) is 4.84. The zero-order valence-electron chi connectivity index (χ0n) is 21.3. The van der Waals surface area contributed by atoms with E-state index >= 15 is 0 Å². The molecular weight excluding hydrogens is 517 g/mol. The first-order valence-corrected chi connectivity index (χ1v) is 14.3. The summed E-state index contributed by atoms with van der Waals surface area (Å²) in [6, 6.07) is 16.9. The third-order valence-corrected chi connectivity index (χ3v) is 7.90. The highest BCUT2D eigenvalue weighted by atomic mass is 32.2. The molecule has 0 radical (unpaired) electrons. The number of nitrogens with one attached hydrogen (secondary N) is 1. The van der Waals surface area contributed by atoms with Gasteiger partial charge in [0.15, 0.2) is 9.84 Å². The van der Waals surface area contributed by atoms with Crippen LogP contribution in [0.25, 0.3) is 17.0 Å². The molecule has 4 aromatic rings. The Hall–Kier alpha value is -4.33. The van der Waals surface area contributed by atoms with E-state index in [0.29, 0.717) is 30.6 Å². The number of hydrogen-bond acceptors (Lipinski definition) is 6. The summed E-state index contributed by atoms with van der Waals surface area (Å²) in [7, 11) is -3.23. The maximum Gasteiger partial charge on any atom is 0.326 e. The fraction of sp³-hybridized carbons (Fsp3) is 0.207. The molecule has 2 aromatic carbocycles. The van der Waals surface area contributed by atoms with Gasteiger partial charge in [-0.2, -0.15) is 9.65 Å². The lowest BCUT2D eigenvalue weighted by Crippen LogP contribution is -2.34. The number of fused-ring (bicyclic) bond motifs is 3. The van der Waals surface area contributed by atoms with Crippen molar-refractivity contribution in [2.75, 3.05) is 19.3 Å². The number of carbonyl (C=O) groups is 1. The van der Waals surface area contributed by atoms with Gasteiger partial charge in [0.25, 0.3) is 0 Å². The number of aromatic nitrogens is 2. The number of carbonyl (C=O) groups excluding carboxylic acids is 1. The number of nitriles is 1. The van der Waals surface area contributed by atoms with Gasteiger partial charge in [-0.3, -0.25) is 9.47 Å². The molecular formula is C29H26FN5O3S. The molecule has 0 atom stereocenters. The van der Waals surface area contributed by atoms with E-state index < -0.39 is 15.8 Å². The molecule has 0 aliphatic carbocycles. The molecule has 0 spiro atoms. The summed E-state index contributed by atoms with van der Waals surface area (Å²) >= 11 is 0. The Morgan fingerprint density at radius 1 is 1.18 bits per heavy atom. The number of hydrogen-bond donors (Lipinski definition) is 1. The van der Waals surface area contributed by atoms with E-state index in [4.69, 9.17) is 0 Å². The monoisotopic (exact) mass is 543 g/mol. The Bertz CT molecular complexity index is 1740. The van der Waals surface area contributed by atoms with Crippen LogP contribution in [0.1, 0.15) is 27.9 Å². The van der Waals surface area contributed by atoms with Crippen molar-refractivity contribution in [1.82, 2.24) is 19.8 Å². The second-order valence-electron chi connectivity index (χ2n) is 9.48. The van der Waals surface area contributed by atoms with Crippen LogP contribution in [0.3, 0.4) is 0 Å². The third-order valence-electron chi connectivity index (χ3n) is 6.78. The van der Waals surface area contributed by atoms with Gasteiger partial charge < -0.3 is 5.32 Å². The summed E-state index contributed by atoms with van der Waals surface area (Å²) in [5.74, 6) is -0.602. The van der Waals surface area contributed by atoms with Crippen LogP contribution in [0.4, 0.5) is 9.18 Å². The topological polar surface area (TPSA) is 108 Å². The lowest BCUT2D eigenvalue weighted by Gasteiger charge is -2.27. The van der Waals surface area contributed by atoms with E-state index in [1.165, 1.54) is 18.5 Å². The molecule has 10 heteroatoms. The van der Waals surface area contributed by atoms with Gasteiger partial charge in [0.05, 0.1) is 22.0 Å². The fourth-order valence-corrected chi connectivity index (χ4v) is 5.48. The minimum atomic E-state index is -3.23. The van der Waals surface area contributed by atoms with E-state index in [2.05, 4.69) is 21.3 Å². The number of amides is 1. The zero-order chi connectivity index (χ0) is 27.6. The first-order valence-electron chi connectivity index (χ1n) is 12.4. The summed E-state index contributed by atoms with van der Waals surface area (Å²) in [4.78, 5) is 19.4. The average molecular weight is 544 g/mol. The van der Waals surface area contributed by atoms with Crippen molar-refractivity contribution in [2.45, 2.75) is 24.4 Å². The predicted molar refractivity (Wildman–Crippen MR) is 146 cm³/mol. The highest BCUT2D eigenvalue weighted by molar-refractivity contribution is 7.90. The molecule has 39 heavy (non-hydrogen) atoms. The highest BCUT2D eigenvalue weighted by Gasteiger charge is 2.26. The summed E-state index contributed by atoms with van der Waals surface area (Å²) in [6.07, 6.45) is 7.17. The van der Waals surface area contributed by atoms with Crippen LogP contribution in [0.15, 0.2) is 71.8 Å². The molecule has 198 valence electrons. The molecule has 1 aliphatic rings. The number of rotatable bonds is 6. The Morgan fingerprint density at radius 3 is 2.69 bits per heavy atom. The lowest BCUT2D eigenvalue weighted by atomic mass is 10.0. The van der Waals surface area contributed by atoms with E-state index in [0.717, 1.165) is 34.3 Å². The number of sulfone groups is 1. The molecule has 0 fully saturated rings. The molecule has 5 rings (SSSR count). The summed E-state index contributed by atoms with van der Waals surface area (Å²) < 4.78 is 38.5. The van der Waals surface area contributed by atoms with Gasteiger partial charge in [-0.05, 0) is 59.2 Å². The second-order valence-corrected chi connectivity index (χ2v) is 11.5. The van der Waals surface area contributed by atoms with Crippen LogP contribution < -0.4 is 5.32 Å². The molecule has 8 nitrogen and oxygen atoms in total. The third kappa shape index (κ3) is 5.74. The molecule has 1 aliphatic heterocycles. The van der Waals surface area contributed by atoms with Crippen LogP contribution in [0, 0.1) is 17.3 Å². The van der Waals surface area contributed by atoms with Crippen LogP contribution in [-0.4, -0.2) is 48.2 Å². The Morgan fingerprint density at radius 2 is 1.97 bits per heavy atom. The molecule has 1 amide bonds. The lowest BCUT2D eigenvalue weighted by molar-refractivity contribution is 0.240. The van der Waals surface area contributed by atoms with Crippen LogP contribution in [0.2, 0.25) is 0 Å². The maximum absolute atomic E-state index is 13.5. The molecule has 0 saturated carbocycles. The van der Waals surface area contributed by atoms with Gasteiger partial charge in [-0.15, -0.1) is 0 Å². The molecule has 2 aromatic heterocycles. The molecule has 0 bridgehead atoms. The number of halogens is 1. The molecule has 0 saturated heterocycles. The summed E-state index contributed by atoms with van der Waals surface area (Å²) in [5, 5.41) is 13.2. The largest absolute Gasteiger partial charge is 0.333 e. The van der Waals surface area contributed by atoms with E-state index in [-0.39, 0.29) is 17.5 Å². The predicted octanol–water partition coefficient (Wildman–Crippen LogP) is 4.28. The van der Waals surface area contributed by atoms with E-state index in [1.807, 2.05) is 18.2 Å². The Balaban J connectivity index is 1.36. The average Bonchev–Trinajstić information content (AvgIpc) is 3.24. The first-order chi connectivity index (χ1) is 18.7. The van der Waals surface area contributed by atoms with Crippen molar-refractivity contribution in [3.63, 3.8) is 0 Å². The van der Waals surface area contributed by atoms with Gasteiger partial charge >= 0.3 is 6.03 Å². The van der Waals surface area contributed by atoms with E-state index in [1.54, 1.807) is 47.0 Å². The van der Waals surface area contributed by atoms with Crippen LogP contribution >= 0.6 is 0 Å². The van der Waals surface area contributed by atoms with Gasteiger partial charge in [0.1, 0.15) is 0 Å². The van der Waals surface area contributed by atoms with Crippen molar-refractivity contribution in [1.29, 1.82) is 5.26 Å². The number of pyridine rings is 1. The van der Waals surface area contributed by atoms with Crippen molar-refractivity contribution in [2.24, 2.45) is 0 Å². The zero-order valence-corrected chi connectivity index (χ0v) is 22.1. The highest BCUT2D eigenvalue weighted by Crippen LogP contribution is 2.31. The van der Waals surface area contributed by atoms with Crippen molar-refractivity contribution in [3.05, 3.63) is 101 Å². The van der Waals surface area contributed by atoms with Crippen LogP contribution in [-0.2, 0) is 29.3 Å². The maximum atomic E-state index is 13.5. The van der Waals surface area contributed by atoms with E-state index in [9.17, 15) is 22.9 Å². The minimum absolute atomic E-state index is 0.158. The quantitative estimate of drug-likeness (QED) is 0.364. The second kappa shape index (κ2) is 10.8. The smallest absolute Gasteiger partial charge is 0.326 e. The molecule has 3 heterocycles. The normalized spacial score (nSPS) is 13.9. The molecule has 0 unspecified atom stereocenters. The SMILES string of the molecule is CS(=O)(=O)c1ccc(C=CCN2CCc3c(c4cc(C#N)ccc4n3C(=O)NCc3ccnc(F)c3)C2)cc1. The van der Waals surface area contributed by atoms with Crippen molar-refractivity contribution in [3.8, 4) is 6.07 Å². The first kappa shape index (κ1) is 26.3.